The van der Waals surface area contributed by atoms with Gasteiger partial charge in [0.1, 0.15) is 5.52 Å². The average molecular weight is 619 g/mol. The highest BCUT2D eigenvalue weighted by atomic mass is 16.3. The van der Waals surface area contributed by atoms with E-state index in [1.807, 2.05) is 12.2 Å². The Morgan fingerprint density at radius 3 is 1.75 bits per heavy atom. The van der Waals surface area contributed by atoms with Crippen LogP contribution in [0.2, 0.25) is 0 Å². The molecule has 0 unspecified atom stereocenters. The third kappa shape index (κ3) is 5.06. The number of hydrogen-bond acceptors (Lipinski definition) is 3. The Kier molecular flexibility index (Phi) is 7.64. The van der Waals surface area contributed by atoms with Crippen molar-refractivity contribution < 1.29 is 4.42 Å². The van der Waals surface area contributed by atoms with E-state index in [0.29, 0.717) is 5.89 Å². The molecule has 230 valence electrons. The molecule has 0 radical (unpaired) electrons. The van der Waals surface area contributed by atoms with Gasteiger partial charge in [0.25, 0.3) is 0 Å². The maximum Gasteiger partial charge on any atom is 0.227 e. The van der Waals surface area contributed by atoms with Crippen LogP contribution in [0.4, 0.5) is 17.1 Å². The lowest BCUT2D eigenvalue weighted by atomic mass is 9.88. The van der Waals surface area contributed by atoms with Crippen LogP contribution in [0.3, 0.4) is 0 Å². The van der Waals surface area contributed by atoms with Crippen LogP contribution >= 0.6 is 0 Å². The lowest BCUT2D eigenvalue weighted by molar-refractivity contribution is 0.619. The normalized spacial score (nSPS) is 12.1. The molecule has 1 aromatic heterocycles. The third-order valence-electron chi connectivity index (χ3n) is 9.15. The molecule has 0 bridgehead atoms. The van der Waals surface area contributed by atoms with Crippen molar-refractivity contribution in [3.8, 4) is 33.7 Å². The first kappa shape index (κ1) is 29.2. The number of anilines is 3. The maximum absolute atomic E-state index is 6.54. The summed E-state index contributed by atoms with van der Waals surface area (Å²) >= 11 is 0. The molecule has 3 heteroatoms. The van der Waals surface area contributed by atoms with Crippen LogP contribution in [0, 0.1) is 0 Å². The van der Waals surface area contributed by atoms with Crippen LogP contribution < -0.4 is 4.90 Å². The smallest absolute Gasteiger partial charge is 0.227 e. The number of allylic oxidation sites excluding steroid dienone is 1. The van der Waals surface area contributed by atoms with Crippen molar-refractivity contribution in [1.82, 2.24) is 4.98 Å². The van der Waals surface area contributed by atoms with Gasteiger partial charge in [-0.1, -0.05) is 135 Å². The molecule has 0 aliphatic heterocycles. The van der Waals surface area contributed by atoms with Gasteiger partial charge in [0.05, 0.1) is 11.4 Å². The number of aromatic nitrogens is 1. The van der Waals surface area contributed by atoms with E-state index < -0.39 is 0 Å². The number of benzene rings is 6. The van der Waals surface area contributed by atoms with Gasteiger partial charge in [-0.2, -0.15) is 0 Å². The quantitative estimate of drug-likeness (QED) is 0.170. The molecular weight excluding hydrogens is 585 g/mol. The van der Waals surface area contributed by atoms with Gasteiger partial charge in [0, 0.05) is 27.9 Å². The molecule has 48 heavy (non-hydrogen) atoms. The van der Waals surface area contributed by atoms with Crippen molar-refractivity contribution in [2.75, 3.05) is 4.90 Å². The van der Waals surface area contributed by atoms with E-state index >= 15 is 0 Å². The molecule has 0 saturated carbocycles. The Morgan fingerprint density at radius 2 is 1.17 bits per heavy atom. The molecule has 3 nitrogen and oxygen atoms in total. The minimum atomic E-state index is 0.596. The summed E-state index contributed by atoms with van der Waals surface area (Å²) in [5.74, 6) is 0.596. The Bertz CT molecular complexity index is 2230. The SMILES string of the molecule is C=Cc1c2c(c3nc(-c4ccc(N(c5ccccc5-c5ccccc5)c5ccccc5-c5ccccc5)cc4)oc3c1C=C)CCC=C2. The number of nitrogens with zero attached hydrogens (tertiary/aromatic N) is 2. The summed E-state index contributed by atoms with van der Waals surface area (Å²) in [4.78, 5) is 7.44. The Balaban J connectivity index is 1.29. The third-order valence-corrected chi connectivity index (χ3v) is 9.15. The highest BCUT2D eigenvalue weighted by Crippen LogP contribution is 2.45. The highest BCUT2D eigenvalue weighted by Gasteiger charge is 2.23. The van der Waals surface area contributed by atoms with Gasteiger partial charge in [0.15, 0.2) is 5.58 Å². The highest BCUT2D eigenvalue weighted by molar-refractivity contribution is 5.97. The Labute approximate surface area is 281 Å². The van der Waals surface area contributed by atoms with E-state index in [1.54, 1.807) is 0 Å². The van der Waals surface area contributed by atoms with Gasteiger partial charge in [-0.05, 0) is 77.1 Å². The summed E-state index contributed by atoms with van der Waals surface area (Å²) in [5.41, 5.74) is 14.8. The van der Waals surface area contributed by atoms with Gasteiger partial charge in [-0.15, -0.1) is 0 Å². The number of aryl methyl sites for hydroxylation is 1. The Hall–Kier alpha value is -6.19. The predicted octanol–water partition coefficient (Wildman–Crippen LogP) is 12.5. The van der Waals surface area contributed by atoms with E-state index in [-0.39, 0.29) is 0 Å². The first-order valence-electron chi connectivity index (χ1n) is 16.4. The molecule has 0 amide bonds. The van der Waals surface area contributed by atoms with Gasteiger partial charge in [-0.25, -0.2) is 4.98 Å². The van der Waals surface area contributed by atoms with E-state index in [1.165, 1.54) is 11.1 Å². The van der Waals surface area contributed by atoms with E-state index in [4.69, 9.17) is 9.40 Å². The van der Waals surface area contributed by atoms with Crippen LogP contribution in [0.25, 0.3) is 63.0 Å². The zero-order valence-electron chi connectivity index (χ0n) is 26.6. The summed E-state index contributed by atoms with van der Waals surface area (Å²) in [7, 11) is 0. The maximum atomic E-state index is 6.54. The van der Waals surface area contributed by atoms with E-state index in [9.17, 15) is 0 Å². The molecule has 1 aliphatic rings. The topological polar surface area (TPSA) is 29.3 Å². The van der Waals surface area contributed by atoms with Crippen molar-refractivity contribution in [3.63, 3.8) is 0 Å². The number of para-hydroxylation sites is 2. The van der Waals surface area contributed by atoms with Crippen molar-refractivity contribution in [2.45, 2.75) is 12.8 Å². The molecule has 1 aliphatic carbocycles. The zero-order valence-corrected chi connectivity index (χ0v) is 26.6. The van der Waals surface area contributed by atoms with Crippen molar-refractivity contribution >= 4 is 46.4 Å². The summed E-state index contributed by atoms with van der Waals surface area (Å²) in [5, 5.41) is 0. The van der Waals surface area contributed by atoms with Crippen molar-refractivity contribution in [2.24, 2.45) is 0 Å². The Morgan fingerprint density at radius 1 is 0.604 bits per heavy atom. The largest absolute Gasteiger partial charge is 0.435 e. The van der Waals surface area contributed by atoms with Crippen LogP contribution in [-0.2, 0) is 6.42 Å². The molecule has 6 aromatic carbocycles. The standard InChI is InChI=1S/C45H34N2O/c1-3-35-36(4-2)44-43(40-24-12-11-23-39(35)40)46-45(48-44)33-27-29-34(30-28-33)47(41-25-15-13-21-37(41)31-17-7-5-8-18-31)42-26-16-14-22-38(42)32-19-9-6-10-20-32/h3-11,13-23,25-30H,1-2,12,24H2. The first-order valence-corrected chi connectivity index (χ1v) is 16.4. The molecule has 7 aromatic rings. The van der Waals surface area contributed by atoms with Crippen molar-refractivity contribution in [3.05, 3.63) is 175 Å². The van der Waals surface area contributed by atoms with Crippen molar-refractivity contribution in [1.29, 1.82) is 0 Å². The van der Waals surface area contributed by atoms with Gasteiger partial charge in [0.2, 0.25) is 5.89 Å². The molecular formula is C45H34N2O. The van der Waals surface area contributed by atoms with Crippen LogP contribution in [0.5, 0.6) is 0 Å². The fourth-order valence-electron chi connectivity index (χ4n) is 6.90. The molecule has 1 heterocycles. The van der Waals surface area contributed by atoms with Crippen LogP contribution in [0.15, 0.2) is 157 Å². The fourth-order valence-corrected chi connectivity index (χ4v) is 6.90. The number of fused-ring (bicyclic) bond motifs is 3. The van der Waals surface area contributed by atoms with Gasteiger partial charge in [-0.3, -0.25) is 0 Å². The van der Waals surface area contributed by atoms with Gasteiger partial charge >= 0.3 is 0 Å². The molecule has 0 atom stereocenters. The predicted molar refractivity (Wildman–Crippen MR) is 203 cm³/mol. The second kappa shape index (κ2) is 12.5. The molecule has 0 saturated heterocycles. The minimum absolute atomic E-state index is 0.596. The lowest BCUT2D eigenvalue weighted by Crippen LogP contribution is -2.12. The first-order chi connectivity index (χ1) is 23.7. The van der Waals surface area contributed by atoms with E-state index in [2.05, 4.69) is 164 Å². The number of hydrogen-bond donors (Lipinski definition) is 0. The average Bonchev–Trinajstić information content (AvgIpc) is 3.61. The van der Waals surface area contributed by atoms with Gasteiger partial charge < -0.3 is 9.32 Å². The number of rotatable bonds is 8. The van der Waals surface area contributed by atoms with E-state index in [0.717, 1.165) is 79.9 Å². The van der Waals surface area contributed by atoms with Crippen LogP contribution in [-0.4, -0.2) is 4.98 Å². The molecule has 0 spiro atoms. The lowest BCUT2D eigenvalue weighted by Gasteiger charge is -2.30. The number of oxazole rings is 1. The summed E-state index contributed by atoms with van der Waals surface area (Å²) in [6.45, 7) is 8.20. The second-order valence-corrected chi connectivity index (χ2v) is 11.9. The zero-order chi connectivity index (χ0) is 32.5. The molecule has 0 N–H and O–H groups in total. The van der Waals surface area contributed by atoms with Crippen LogP contribution in [0.1, 0.15) is 28.7 Å². The summed E-state index contributed by atoms with van der Waals surface area (Å²) < 4.78 is 6.54. The molecule has 0 fully saturated rings. The monoisotopic (exact) mass is 618 g/mol. The molecule has 8 rings (SSSR count). The summed E-state index contributed by atoms with van der Waals surface area (Å²) in [6, 6.07) is 46.9. The summed E-state index contributed by atoms with van der Waals surface area (Å²) in [6.07, 6.45) is 10.0. The fraction of sp³-hybridized carbons (Fsp3) is 0.0444. The minimum Gasteiger partial charge on any atom is -0.435 e. The second-order valence-electron chi connectivity index (χ2n) is 11.9.